The van der Waals surface area contributed by atoms with E-state index in [1.165, 1.54) is 94.4 Å². The zero-order chi connectivity index (χ0) is 42.6. The molecular formula is C63H47N. The number of hydrogen-bond acceptors (Lipinski definition) is 1. The summed E-state index contributed by atoms with van der Waals surface area (Å²) in [6.45, 7) is 4.76. The van der Waals surface area contributed by atoms with Crippen LogP contribution in [0.2, 0.25) is 0 Å². The standard InChI is InChI=1S/C63H47N/c1-61(2)52-29-13-11-27-48(52)50-38-36-45(40-58(50)61)64(60-35-19-21-42-20-9-10-26-47(42)60)46-37-39-51-49-28-12-14-30-53(49)63(59(51)41-46)56-33-17-15-31-54(56)62(43-22-5-3-6-23-43,44-24-7-4-8-25-44)55-32-16-18-34-57(55)63/h3,5-7,9-41H,4,8H2,1-2H3. The van der Waals surface area contributed by atoms with Crippen molar-refractivity contribution in [2.24, 2.45) is 0 Å². The van der Waals surface area contributed by atoms with Gasteiger partial charge in [-0.05, 0) is 126 Å². The first kappa shape index (κ1) is 37.1. The third-order valence-corrected chi connectivity index (χ3v) is 15.2. The number of rotatable bonds is 5. The Labute approximate surface area is 376 Å². The van der Waals surface area contributed by atoms with Crippen molar-refractivity contribution in [1.29, 1.82) is 0 Å². The molecule has 9 aromatic rings. The fourth-order valence-corrected chi connectivity index (χ4v) is 12.6. The van der Waals surface area contributed by atoms with Crippen LogP contribution in [0.1, 0.15) is 76.8 Å². The SMILES string of the molecule is CC1(C)c2ccccc2-c2ccc(N(c3ccc4c(c3)C3(c5ccccc5-4)c4ccccc4C(C4=CCCC=C4)(c4ccccc4)c4ccccc43)c3cccc4ccccc34)cc21. The van der Waals surface area contributed by atoms with Crippen molar-refractivity contribution in [2.75, 3.05) is 4.90 Å². The molecule has 0 saturated carbocycles. The highest BCUT2D eigenvalue weighted by Crippen LogP contribution is 2.65. The van der Waals surface area contributed by atoms with Crippen molar-refractivity contribution in [2.45, 2.75) is 42.9 Å². The summed E-state index contributed by atoms with van der Waals surface area (Å²) in [6.07, 6.45) is 9.39. The molecule has 0 unspecified atom stereocenters. The van der Waals surface area contributed by atoms with Crippen LogP contribution in [0.25, 0.3) is 33.0 Å². The number of benzene rings is 9. The number of fused-ring (bicyclic) bond motifs is 13. The third kappa shape index (κ3) is 4.85. The van der Waals surface area contributed by atoms with E-state index in [2.05, 4.69) is 243 Å². The Balaban J connectivity index is 1.12. The molecule has 64 heavy (non-hydrogen) atoms. The van der Waals surface area contributed by atoms with Gasteiger partial charge in [0.15, 0.2) is 0 Å². The molecule has 1 nitrogen and oxygen atoms in total. The molecule has 1 heteroatoms. The topological polar surface area (TPSA) is 3.24 Å². The van der Waals surface area contributed by atoms with E-state index in [-0.39, 0.29) is 5.41 Å². The molecular weight excluding hydrogens is 771 g/mol. The second-order valence-corrected chi connectivity index (χ2v) is 18.6. The predicted octanol–water partition coefficient (Wildman–Crippen LogP) is 15.9. The van der Waals surface area contributed by atoms with E-state index in [9.17, 15) is 0 Å². The molecule has 13 rings (SSSR count). The minimum atomic E-state index is -0.585. The highest BCUT2D eigenvalue weighted by Gasteiger charge is 2.57. The van der Waals surface area contributed by atoms with E-state index in [4.69, 9.17) is 0 Å². The maximum absolute atomic E-state index is 2.55. The summed E-state index contributed by atoms with van der Waals surface area (Å²) in [7, 11) is 0. The molecule has 0 radical (unpaired) electrons. The summed E-state index contributed by atoms with van der Waals surface area (Å²) in [5.41, 5.74) is 20.9. The summed E-state index contributed by atoms with van der Waals surface area (Å²) in [5.74, 6) is 0. The van der Waals surface area contributed by atoms with Crippen molar-refractivity contribution in [3.05, 3.63) is 280 Å². The zero-order valence-corrected chi connectivity index (χ0v) is 36.2. The zero-order valence-electron chi connectivity index (χ0n) is 36.2. The van der Waals surface area contributed by atoms with Crippen LogP contribution in [0.15, 0.2) is 230 Å². The van der Waals surface area contributed by atoms with Gasteiger partial charge in [0, 0.05) is 22.2 Å². The van der Waals surface area contributed by atoms with Gasteiger partial charge in [-0.25, -0.2) is 0 Å². The Morgan fingerprint density at radius 2 is 0.906 bits per heavy atom. The Hall–Kier alpha value is -7.48. The highest BCUT2D eigenvalue weighted by molar-refractivity contribution is 6.00. The lowest BCUT2D eigenvalue weighted by atomic mass is 9.51. The fourth-order valence-electron chi connectivity index (χ4n) is 12.6. The maximum atomic E-state index is 2.55. The first-order chi connectivity index (χ1) is 31.5. The van der Waals surface area contributed by atoms with Gasteiger partial charge in [-0.1, -0.05) is 208 Å². The second kappa shape index (κ2) is 13.8. The molecule has 9 aromatic carbocycles. The van der Waals surface area contributed by atoms with Crippen molar-refractivity contribution < 1.29 is 0 Å². The molecule has 0 N–H and O–H groups in total. The molecule has 0 amide bonds. The van der Waals surface area contributed by atoms with Gasteiger partial charge >= 0.3 is 0 Å². The summed E-state index contributed by atoms with van der Waals surface area (Å²) in [5, 5.41) is 2.45. The van der Waals surface area contributed by atoms with E-state index in [1.807, 2.05) is 0 Å². The van der Waals surface area contributed by atoms with Crippen LogP contribution in [0.5, 0.6) is 0 Å². The van der Waals surface area contributed by atoms with E-state index in [1.54, 1.807) is 0 Å². The van der Waals surface area contributed by atoms with Crippen molar-refractivity contribution in [3.8, 4) is 22.3 Å². The lowest BCUT2D eigenvalue weighted by molar-refractivity contribution is 0.619. The summed E-state index contributed by atoms with van der Waals surface area (Å²) in [6, 6.07) is 78.4. The normalized spacial score (nSPS) is 19.2. The Bertz CT molecular complexity index is 3380. The van der Waals surface area contributed by atoms with Gasteiger partial charge in [-0.2, -0.15) is 0 Å². The average molecular weight is 818 g/mol. The van der Waals surface area contributed by atoms with Gasteiger partial charge in [0.1, 0.15) is 0 Å². The number of nitrogens with zero attached hydrogens (tertiary/aromatic N) is 1. The molecule has 0 heterocycles. The first-order valence-corrected chi connectivity index (χ1v) is 22.9. The summed E-state index contributed by atoms with van der Waals surface area (Å²) in [4.78, 5) is 2.53. The lowest BCUT2D eigenvalue weighted by Gasteiger charge is -2.50. The second-order valence-electron chi connectivity index (χ2n) is 18.6. The number of anilines is 3. The maximum Gasteiger partial charge on any atom is 0.0720 e. The van der Waals surface area contributed by atoms with E-state index >= 15 is 0 Å². The van der Waals surface area contributed by atoms with Crippen LogP contribution < -0.4 is 4.90 Å². The minimum Gasteiger partial charge on any atom is -0.310 e. The number of hydrogen-bond donors (Lipinski definition) is 0. The first-order valence-electron chi connectivity index (χ1n) is 22.9. The molecule has 4 aliphatic carbocycles. The molecule has 0 aromatic heterocycles. The van der Waals surface area contributed by atoms with Crippen molar-refractivity contribution in [1.82, 2.24) is 0 Å². The largest absolute Gasteiger partial charge is 0.310 e. The van der Waals surface area contributed by atoms with Crippen LogP contribution in [0.4, 0.5) is 17.1 Å². The summed E-state index contributed by atoms with van der Waals surface area (Å²) >= 11 is 0. The van der Waals surface area contributed by atoms with Crippen molar-refractivity contribution >= 4 is 27.8 Å². The predicted molar refractivity (Wildman–Crippen MR) is 266 cm³/mol. The van der Waals surface area contributed by atoms with E-state index in [0.29, 0.717) is 0 Å². The van der Waals surface area contributed by atoms with Crippen LogP contribution in [0.3, 0.4) is 0 Å². The Morgan fingerprint density at radius 1 is 0.391 bits per heavy atom. The molecule has 1 spiro atoms. The van der Waals surface area contributed by atoms with Gasteiger partial charge in [-0.3, -0.25) is 0 Å². The number of allylic oxidation sites excluding steroid dienone is 4. The van der Waals surface area contributed by atoms with E-state index < -0.39 is 10.8 Å². The fraction of sp³-hybridized carbons (Fsp3) is 0.111. The van der Waals surface area contributed by atoms with Gasteiger partial charge < -0.3 is 4.90 Å². The minimum absolute atomic E-state index is 0.139. The van der Waals surface area contributed by atoms with Gasteiger partial charge in [-0.15, -0.1) is 0 Å². The Morgan fingerprint density at radius 3 is 1.58 bits per heavy atom. The molecule has 304 valence electrons. The molecule has 4 aliphatic rings. The molecule has 0 aliphatic heterocycles. The Kier molecular flexibility index (Phi) is 7.98. The van der Waals surface area contributed by atoms with E-state index in [0.717, 1.165) is 24.2 Å². The van der Waals surface area contributed by atoms with Crippen LogP contribution in [-0.4, -0.2) is 0 Å². The average Bonchev–Trinajstić information content (AvgIpc) is 3.77. The van der Waals surface area contributed by atoms with Crippen LogP contribution in [0, 0.1) is 0 Å². The van der Waals surface area contributed by atoms with Gasteiger partial charge in [0.25, 0.3) is 0 Å². The molecule has 0 atom stereocenters. The van der Waals surface area contributed by atoms with Crippen molar-refractivity contribution in [3.63, 3.8) is 0 Å². The summed E-state index contributed by atoms with van der Waals surface area (Å²) < 4.78 is 0. The van der Waals surface area contributed by atoms with Gasteiger partial charge in [0.2, 0.25) is 0 Å². The lowest BCUT2D eigenvalue weighted by Crippen LogP contribution is -2.45. The quantitative estimate of drug-likeness (QED) is 0.167. The van der Waals surface area contributed by atoms with Gasteiger partial charge in [0.05, 0.1) is 16.5 Å². The molecule has 0 fully saturated rings. The smallest absolute Gasteiger partial charge is 0.0720 e. The third-order valence-electron chi connectivity index (χ3n) is 15.2. The molecule has 0 saturated heterocycles. The monoisotopic (exact) mass is 817 g/mol. The van der Waals surface area contributed by atoms with Crippen LogP contribution >= 0.6 is 0 Å². The molecule has 0 bridgehead atoms. The van der Waals surface area contributed by atoms with Crippen LogP contribution in [-0.2, 0) is 16.2 Å². The highest BCUT2D eigenvalue weighted by atomic mass is 15.1.